The minimum absolute atomic E-state index is 0.613. The number of aliphatic hydroxyl groups excluding tert-OH is 1. The summed E-state index contributed by atoms with van der Waals surface area (Å²) in [6.45, 7) is 4.75. The first-order valence-corrected chi connectivity index (χ1v) is 6.69. The second-order valence-corrected chi connectivity index (χ2v) is 5.27. The smallest absolute Gasteiger partial charge is 0.163 e. The van der Waals surface area contributed by atoms with Crippen molar-refractivity contribution in [1.82, 2.24) is 14.8 Å². The SMILES string of the molecule is CCCn1ncc(OC)c1C(O)c1cnc(C)s1. The molecule has 0 saturated heterocycles. The first kappa shape index (κ1) is 13.0. The maximum atomic E-state index is 10.4. The Bertz CT molecular complexity index is 521. The number of nitrogens with zero attached hydrogens (tertiary/aromatic N) is 3. The molecule has 2 aromatic heterocycles. The highest BCUT2D eigenvalue weighted by molar-refractivity contribution is 7.11. The summed E-state index contributed by atoms with van der Waals surface area (Å²) in [6.07, 6.45) is 3.56. The van der Waals surface area contributed by atoms with E-state index in [0.717, 1.165) is 22.9 Å². The van der Waals surface area contributed by atoms with E-state index >= 15 is 0 Å². The fourth-order valence-electron chi connectivity index (χ4n) is 1.84. The van der Waals surface area contributed by atoms with E-state index in [-0.39, 0.29) is 0 Å². The van der Waals surface area contributed by atoms with Gasteiger partial charge < -0.3 is 9.84 Å². The average molecular weight is 267 g/mol. The molecule has 2 rings (SSSR count). The van der Waals surface area contributed by atoms with Gasteiger partial charge in [0.05, 0.1) is 23.2 Å². The standard InChI is InChI=1S/C12H17N3O2S/c1-4-5-15-11(9(17-3)6-14-15)12(16)10-7-13-8(2)18-10/h6-7,12,16H,4-5H2,1-3H3. The van der Waals surface area contributed by atoms with E-state index in [1.807, 2.05) is 6.92 Å². The molecule has 0 aromatic carbocycles. The van der Waals surface area contributed by atoms with Crippen LogP contribution < -0.4 is 4.74 Å². The Hall–Kier alpha value is -1.40. The molecule has 0 spiro atoms. The maximum absolute atomic E-state index is 10.4. The number of aliphatic hydroxyl groups is 1. The monoisotopic (exact) mass is 267 g/mol. The molecule has 1 atom stereocenters. The lowest BCUT2D eigenvalue weighted by atomic mass is 10.2. The van der Waals surface area contributed by atoms with E-state index in [9.17, 15) is 5.11 Å². The summed E-state index contributed by atoms with van der Waals surface area (Å²) in [7, 11) is 1.58. The van der Waals surface area contributed by atoms with Crippen LogP contribution in [0.2, 0.25) is 0 Å². The van der Waals surface area contributed by atoms with Gasteiger partial charge in [-0.15, -0.1) is 11.3 Å². The number of rotatable bonds is 5. The van der Waals surface area contributed by atoms with Crippen molar-refractivity contribution in [1.29, 1.82) is 0 Å². The lowest BCUT2D eigenvalue weighted by molar-refractivity contribution is 0.205. The molecule has 0 amide bonds. The third-order valence-corrected chi connectivity index (χ3v) is 3.63. The van der Waals surface area contributed by atoms with Crippen molar-refractivity contribution >= 4 is 11.3 Å². The van der Waals surface area contributed by atoms with Crippen molar-refractivity contribution in [2.75, 3.05) is 7.11 Å². The first-order valence-electron chi connectivity index (χ1n) is 5.87. The molecule has 1 N–H and O–H groups in total. The van der Waals surface area contributed by atoms with Crippen molar-refractivity contribution in [3.63, 3.8) is 0 Å². The quantitative estimate of drug-likeness (QED) is 0.901. The number of aromatic nitrogens is 3. The Morgan fingerprint density at radius 1 is 1.50 bits per heavy atom. The van der Waals surface area contributed by atoms with Crippen LogP contribution in [0, 0.1) is 6.92 Å². The van der Waals surface area contributed by atoms with Gasteiger partial charge in [0.15, 0.2) is 5.75 Å². The molecule has 0 fully saturated rings. The van der Waals surface area contributed by atoms with Crippen LogP contribution in [-0.2, 0) is 6.54 Å². The Kier molecular flexibility index (Phi) is 3.98. The zero-order valence-electron chi connectivity index (χ0n) is 10.8. The lowest BCUT2D eigenvalue weighted by Gasteiger charge is -2.12. The summed E-state index contributed by atoms with van der Waals surface area (Å²) < 4.78 is 7.05. The van der Waals surface area contributed by atoms with E-state index in [2.05, 4.69) is 17.0 Å². The van der Waals surface area contributed by atoms with Crippen LogP contribution in [0.3, 0.4) is 0 Å². The Morgan fingerprint density at radius 2 is 2.28 bits per heavy atom. The van der Waals surface area contributed by atoms with Gasteiger partial charge in [-0.2, -0.15) is 5.10 Å². The van der Waals surface area contributed by atoms with Gasteiger partial charge in [-0.1, -0.05) is 6.92 Å². The molecule has 2 heterocycles. The normalized spacial score (nSPS) is 12.7. The Balaban J connectivity index is 2.38. The van der Waals surface area contributed by atoms with Gasteiger partial charge >= 0.3 is 0 Å². The summed E-state index contributed by atoms with van der Waals surface area (Å²) in [4.78, 5) is 4.98. The maximum Gasteiger partial charge on any atom is 0.163 e. The molecule has 0 bridgehead atoms. The fraction of sp³-hybridized carbons (Fsp3) is 0.500. The number of aryl methyl sites for hydroxylation is 2. The molecular formula is C12H17N3O2S. The van der Waals surface area contributed by atoms with Gasteiger partial charge in [-0.05, 0) is 13.3 Å². The molecule has 1 unspecified atom stereocenters. The lowest BCUT2D eigenvalue weighted by Crippen LogP contribution is -2.10. The largest absolute Gasteiger partial charge is 0.493 e. The van der Waals surface area contributed by atoms with Crippen LogP contribution in [0.25, 0.3) is 0 Å². The van der Waals surface area contributed by atoms with Crippen LogP contribution in [-0.4, -0.2) is 27.0 Å². The van der Waals surface area contributed by atoms with Crippen LogP contribution in [0.1, 0.15) is 35.0 Å². The van der Waals surface area contributed by atoms with Gasteiger partial charge in [-0.25, -0.2) is 4.98 Å². The van der Waals surface area contributed by atoms with E-state index in [0.29, 0.717) is 11.4 Å². The molecule has 5 nitrogen and oxygen atoms in total. The number of hydrogen-bond donors (Lipinski definition) is 1. The minimum atomic E-state index is -0.736. The molecular weight excluding hydrogens is 250 g/mol. The highest BCUT2D eigenvalue weighted by atomic mass is 32.1. The molecule has 0 aliphatic rings. The van der Waals surface area contributed by atoms with Crippen molar-refractivity contribution < 1.29 is 9.84 Å². The average Bonchev–Trinajstić information content (AvgIpc) is 2.95. The zero-order valence-corrected chi connectivity index (χ0v) is 11.6. The number of thiazole rings is 1. The van der Waals surface area contributed by atoms with Crippen molar-refractivity contribution in [3.8, 4) is 5.75 Å². The van der Waals surface area contributed by atoms with Crippen molar-refractivity contribution in [3.05, 3.63) is 28.0 Å². The summed E-state index contributed by atoms with van der Waals surface area (Å²) in [6, 6.07) is 0. The van der Waals surface area contributed by atoms with E-state index in [1.54, 1.807) is 24.2 Å². The minimum Gasteiger partial charge on any atom is -0.493 e. The molecule has 98 valence electrons. The van der Waals surface area contributed by atoms with Crippen LogP contribution in [0.5, 0.6) is 5.75 Å². The van der Waals surface area contributed by atoms with Gasteiger partial charge in [0, 0.05) is 12.7 Å². The summed E-state index contributed by atoms with van der Waals surface area (Å²) in [5.74, 6) is 0.613. The molecule has 0 aliphatic carbocycles. The topological polar surface area (TPSA) is 60.2 Å². The predicted octanol–water partition coefficient (Wildman–Crippen LogP) is 2.15. The number of ether oxygens (including phenoxy) is 1. The first-order chi connectivity index (χ1) is 8.67. The predicted molar refractivity (Wildman–Crippen MR) is 70.0 cm³/mol. The highest BCUT2D eigenvalue weighted by Crippen LogP contribution is 2.32. The zero-order chi connectivity index (χ0) is 13.1. The second kappa shape index (κ2) is 5.49. The van der Waals surface area contributed by atoms with Crippen LogP contribution >= 0.6 is 11.3 Å². The van der Waals surface area contributed by atoms with E-state index < -0.39 is 6.10 Å². The Labute approximate surface area is 110 Å². The van der Waals surface area contributed by atoms with Crippen LogP contribution in [0.4, 0.5) is 0 Å². The molecule has 18 heavy (non-hydrogen) atoms. The number of methoxy groups -OCH3 is 1. The van der Waals surface area contributed by atoms with E-state index in [4.69, 9.17) is 4.74 Å². The summed E-state index contributed by atoms with van der Waals surface area (Å²) >= 11 is 1.48. The molecule has 6 heteroatoms. The van der Waals surface area contributed by atoms with Crippen molar-refractivity contribution in [2.24, 2.45) is 0 Å². The third kappa shape index (κ3) is 2.39. The highest BCUT2D eigenvalue weighted by Gasteiger charge is 2.22. The van der Waals surface area contributed by atoms with Gasteiger partial charge in [0.2, 0.25) is 0 Å². The third-order valence-electron chi connectivity index (χ3n) is 2.67. The molecule has 0 saturated carbocycles. The molecule has 0 aliphatic heterocycles. The van der Waals surface area contributed by atoms with E-state index in [1.165, 1.54) is 11.3 Å². The van der Waals surface area contributed by atoms with Crippen molar-refractivity contribution in [2.45, 2.75) is 32.9 Å². The molecule has 0 radical (unpaired) electrons. The van der Waals surface area contributed by atoms with Gasteiger partial charge in [-0.3, -0.25) is 4.68 Å². The number of hydrogen-bond acceptors (Lipinski definition) is 5. The summed E-state index contributed by atoms with van der Waals surface area (Å²) in [5.41, 5.74) is 0.697. The molecule has 2 aromatic rings. The Morgan fingerprint density at radius 3 is 2.83 bits per heavy atom. The second-order valence-electron chi connectivity index (χ2n) is 4.01. The van der Waals surface area contributed by atoms with Crippen LogP contribution in [0.15, 0.2) is 12.4 Å². The fourth-order valence-corrected chi connectivity index (χ4v) is 2.61. The van der Waals surface area contributed by atoms with Gasteiger partial charge in [0.1, 0.15) is 11.8 Å². The van der Waals surface area contributed by atoms with Gasteiger partial charge in [0.25, 0.3) is 0 Å². The summed E-state index contributed by atoms with van der Waals surface area (Å²) in [5, 5.41) is 15.6.